The predicted molar refractivity (Wildman–Crippen MR) is 109 cm³/mol. The van der Waals surface area contributed by atoms with Gasteiger partial charge in [0.15, 0.2) is 0 Å². The fourth-order valence-electron chi connectivity index (χ4n) is 3.98. The Labute approximate surface area is 169 Å². The molecule has 152 valence electrons. The van der Waals surface area contributed by atoms with Crippen LogP contribution in [0, 0.1) is 12.7 Å². The minimum absolute atomic E-state index is 0.112. The number of aryl methyl sites for hydroxylation is 1. The lowest BCUT2D eigenvalue weighted by Gasteiger charge is -2.35. The van der Waals surface area contributed by atoms with E-state index in [1.165, 1.54) is 12.1 Å². The molecule has 1 aliphatic rings. The molecule has 1 fully saturated rings. The first-order chi connectivity index (χ1) is 14.0. The van der Waals surface area contributed by atoms with Gasteiger partial charge in [-0.25, -0.2) is 4.39 Å². The van der Waals surface area contributed by atoms with Crippen molar-refractivity contribution in [1.82, 2.24) is 10.2 Å². The molecule has 29 heavy (non-hydrogen) atoms. The summed E-state index contributed by atoms with van der Waals surface area (Å²) in [6.07, 6.45) is 1.01. The summed E-state index contributed by atoms with van der Waals surface area (Å²) in [6, 6.07) is 13.7. The van der Waals surface area contributed by atoms with Crippen molar-refractivity contribution in [3.8, 4) is 0 Å². The van der Waals surface area contributed by atoms with Crippen molar-refractivity contribution in [3.63, 3.8) is 0 Å². The Kier molecular flexibility index (Phi) is 5.65. The van der Waals surface area contributed by atoms with Crippen LogP contribution in [0.1, 0.15) is 35.8 Å². The zero-order valence-electron chi connectivity index (χ0n) is 16.4. The van der Waals surface area contributed by atoms with Crippen LogP contribution >= 0.6 is 0 Å². The number of rotatable bonds is 5. The predicted octanol–water partition coefficient (Wildman–Crippen LogP) is 3.69. The molecule has 0 aliphatic carbocycles. The van der Waals surface area contributed by atoms with Gasteiger partial charge in [-0.2, -0.15) is 0 Å². The molecule has 0 saturated carbocycles. The second kappa shape index (κ2) is 8.35. The molecule has 2 N–H and O–H groups in total. The first-order valence-electron chi connectivity index (χ1n) is 9.95. The first kappa shape index (κ1) is 19.6. The van der Waals surface area contributed by atoms with E-state index < -0.39 is 6.04 Å². The Balaban J connectivity index is 1.53. The number of carbonyl (C=O) groups is 1. The molecule has 6 heteroatoms. The molecule has 0 spiro atoms. The molecule has 1 atom stereocenters. The van der Waals surface area contributed by atoms with E-state index in [9.17, 15) is 14.3 Å². The normalized spacial score (nSPS) is 16.8. The second-order valence-electron chi connectivity index (χ2n) is 7.59. The molecule has 1 unspecified atom stereocenters. The summed E-state index contributed by atoms with van der Waals surface area (Å²) in [5.74, 6) is 0.201. The monoisotopic (exact) mass is 396 g/mol. The lowest BCUT2D eigenvalue weighted by molar-refractivity contribution is -0.128. The number of halogens is 1. The SMILES string of the molecule is Cc1c(CNC(=O)C(c2ccccc2)N2CCC(O)CC2)oc2ccc(F)cc12. The third-order valence-electron chi connectivity index (χ3n) is 5.65. The van der Waals surface area contributed by atoms with Crippen molar-refractivity contribution < 1.29 is 18.7 Å². The van der Waals surface area contributed by atoms with E-state index in [1.807, 2.05) is 37.3 Å². The van der Waals surface area contributed by atoms with Gasteiger partial charge in [-0.3, -0.25) is 9.69 Å². The minimum atomic E-state index is -0.425. The maximum atomic E-state index is 13.5. The number of likely N-dealkylation sites (tertiary alicyclic amines) is 1. The standard InChI is InChI=1S/C23H25FN2O3/c1-15-19-13-17(24)7-8-20(19)29-21(15)14-25-23(28)22(16-5-3-2-4-6-16)26-11-9-18(27)10-12-26/h2-8,13,18,22,27H,9-12,14H2,1H3,(H,25,28). The lowest BCUT2D eigenvalue weighted by atomic mass is 10.00. The number of carbonyl (C=O) groups excluding carboxylic acids is 1. The van der Waals surface area contributed by atoms with Crippen LogP contribution in [0.25, 0.3) is 11.0 Å². The zero-order chi connectivity index (χ0) is 20.4. The van der Waals surface area contributed by atoms with Gasteiger partial charge in [0.1, 0.15) is 23.2 Å². The van der Waals surface area contributed by atoms with Gasteiger partial charge in [-0.05, 0) is 43.5 Å². The molecule has 1 amide bonds. The van der Waals surface area contributed by atoms with E-state index in [-0.39, 0.29) is 24.4 Å². The quantitative estimate of drug-likeness (QED) is 0.690. The van der Waals surface area contributed by atoms with Crippen molar-refractivity contribution in [1.29, 1.82) is 0 Å². The Bertz CT molecular complexity index is 994. The Morgan fingerprint density at radius 1 is 1.24 bits per heavy atom. The number of piperidine rings is 1. The fraction of sp³-hybridized carbons (Fsp3) is 0.348. The van der Waals surface area contributed by atoms with Crippen LogP contribution in [0.5, 0.6) is 0 Å². The van der Waals surface area contributed by atoms with Gasteiger partial charge in [0.25, 0.3) is 0 Å². The third kappa shape index (κ3) is 4.18. The van der Waals surface area contributed by atoms with E-state index in [0.29, 0.717) is 37.3 Å². The summed E-state index contributed by atoms with van der Waals surface area (Å²) < 4.78 is 19.4. The molecule has 1 saturated heterocycles. The number of aliphatic hydroxyl groups excluding tert-OH is 1. The van der Waals surface area contributed by atoms with E-state index in [0.717, 1.165) is 16.5 Å². The molecule has 1 aromatic heterocycles. The second-order valence-corrected chi connectivity index (χ2v) is 7.59. The van der Waals surface area contributed by atoms with E-state index in [1.54, 1.807) is 6.07 Å². The summed E-state index contributed by atoms with van der Waals surface area (Å²) in [7, 11) is 0. The van der Waals surface area contributed by atoms with Gasteiger partial charge in [-0.15, -0.1) is 0 Å². The summed E-state index contributed by atoms with van der Waals surface area (Å²) in [6.45, 7) is 3.43. The Hall–Kier alpha value is -2.70. The summed E-state index contributed by atoms with van der Waals surface area (Å²) >= 11 is 0. The summed E-state index contributed by atoms with van der Waals surface area (Å²) in [4.78, 5) is 15.3. The highest BCUT2D eigenvalue weighted by Gasteiger charge is 2.30. The number of aliphatic hydroxyl groups is 1. The number of benzene rings is 2. The van der Waals surface area contributed by atoms with Gasteiger partial charge >= 0.3 is 0 Å². The average Bonchev–Trinajstić information content (AvgIpc) is 3.04. The van der Waals surface area contributed by atoms with Crippen LogP contribution in [0.3, 0.4) is 0 Å². The van der Waals surface area contributed by atoms with Gasteiger partial charge < -0.3 is 14.8 Å². The summed E-state index contributed by atoms with van der Waals surface area (Å²) in [5.41, 5.74) is 2.36. The molecule has 0 bridgehead atoms. The number of hydrogen-bond acceptors (Lipinski definition) is 4. The molecular formula is C23H25FN2O3. The van der Waals surface area contributed by atoms with Crippen LogP contribution in [0.4, 0.5) is 4.39 Å². The molecule has 1 aliphatic heterocycles. The highest BCUT2D eigenvalue weighted by Crippen LogP contribution is 2.28. The maximum Gasteiger partial charge on any atom is 0.242 e. The zero-order valence-corrected chi connectivity index (χ0v) is 16.4. The van der Waals surface area contributed by atoms with E-state index >= 15 is 0 Å². The lowest BCUT2D eigenvalue weighted by Crippen LogP contribution is -2.45. The van der Waals surface area contributed by atoms with Crippen molar-refractivity contribution in [3.05, 3.63) is 71.2 Å². The fourth-order valence-corrected chi connectivity index (χ4v) is 3.98. The number of hydrogen-bond donors (Lipinski definition) is 2. The van der Waals surface area contributed by atoms with Crippen LogP contribution in [-0.2, 0) is 11.3 Å². The van der Waals surface area contributed by atoms with Gasteiger partial charge in [-0.1, -0.05) is 30.3 Å². The number of fused-ring (bicyclic) bond motifs is 1. The van der Waals surface area contributed by atoms with Crippen LogP contribution < -0.4 is 5.32 Å². The van der Waals surface area contributed by atoms with E-state index in [2.05, 4.69) is 10.2 Å². The van der Waals surface area contributed by atoms with Crippen molar-refractivity contribution >= 4 is 16.9 Å². The van der Waals surface area contributed by atoms with Gasteiger partial charge in [0.2, 0.25) is 5.91 Å². The molecule has 3 aromatic rings. The number of nitrogens with one attached hydrogen (secondary N) is 1. The van der Waals surface area contributed by atoms with Gasteiger partial charge in [0, 0.05) is 24.0 Å². The van der Waals surface area contributed by atoms with Crippen LogP contribution in [-0.4, -0.2) is 35.1 Å². The molecule has 2 aromatic carbocycles. The minimum Gasteiger partial charge on any atom is -0.459 e. The average molecular weight is 396 g/mol. The van der Waals surface area contributed by atoms with Crippen molar-refractivity contribution in [2.24, 2.45) is 0 Å². The summed E-state index contributed by atoms with van der Waals surface area (Å²) in [5, 5.41) is 13.5. The van der Waals surface area contributed by atoms with Crippen molar-refractivity contribution in [2.45, 2.75) is 38.5 Å². The molecule has 4 rings (SSSR count). The highest BCUT2D eigenvalue weighted by molar-refractivity contribution is 5.84. The maximum absolute atomic E-state index is 13.5. The molecular weight excluding hydrogens is 371 g/mol. The van der Waals surface area contributed by atoms with Crippen LogP contribution in [0.15, 0.2) is 52.9 Å². The molecule has 2 heterocycles. The first-order valence-corrected chi connectivity index (χ1v) is 9.95. The largest absolute Gasteiger partial charge is 0.459 e. The highest BCUT2D eigenvalue weighted by atomic mass is 19.1. The molecule has 0 radical (unpaired) electrons. The third-order valence-corrected chi connectivity index (χ3v) is 5.65. The van der Waals surface area contributed by atoms with E-state index in [4.69, 9.17) is 4.42 Å². The molecule has 5 nitrogen and oxygen atoms in total. The van der Waals surface area contributed by atoms with Gasteiger partial charge in [0.05, 0.1) is 12.6 Å². The topological polar surface area (TPSA) is 65.7 Å². The smallest absolute Gasteiger partial charge is 0.242 e. The number of furan rings is 1. The Morgan fingerprint density at radius 2 is 1.97 bits per heavy atom. The van der Waals surface area contributed by atoms with Crippen LogP contribution in [0.2, 0.25) is 0 Å². The number of amides is 1. The number of nitrogens with zero attached hydrogens (tertiary/aromatic N) is 1. The van der Waals surface area contributed by atoms with Crippen molar-refractivity contribution in [2.75, 3.05) is 13.1 Å². The Morgan fingerprint density at radius 3 is 2.69 bits per heavy atom.